The van der Waals surface area contributed by atoms with E-state index in [9.17, 15) is 5.11 Å². The number of hydrogen-bond donors (Lipinski definition) is 2. The molecule has 2 aromatic heterocycles. The van der Waals surface area contributed by atoms with Crippen LogP contribution in [0.3, 0.4) is 0 Å². The highest BCUT2D eigenvalue weighted by molar-refractivity contribution is 5.68. The summed E-state index contributed by atoms with van der Waals surface area (Å²) in [5.41, 5.74) is 0.370. The molecule has 1 fully saturated rings. The molecule has 0 bridgehead atoms. The highest BCUT2D eigenvalue weighted by Crippen LogP contribution is 2.41. The predicted molar refractivity (Wildman–Crippen MR) is 97.1 cm³/mol. The molecule has 0 atom stereocenters. The third-order valence-corrected chi connectivity index (χ3v) is 5.29. The van der Waals surface area contributed by atoms with Gasteiger partial charge in [0.1, 0.15) is 5.82 Å². The third-order valence-electron chi connectivity index (χ3n) is 5.29. The first-order valence-corrected chi connectivity index (χ1v) is 8.99. The average molecular weight is 344 g/mol. The van der Waals surface area contributed by atoms with Gasteiger partial charge in [0.15, 0.2) is 5.82 Å². The van der Waals surface area contributed by atoms with Crippen LogP contribution >= 0.6 is 0 Å². The van der Waals surface area contributed by atoms with Crippen molar-refractivity contribution in [2.24, 2.45) is 11.3 Å². The van der Waals surface area contributed by atoms with Crippen molar-refractivity contribution in [3.63, 3.8) is 0 Å². The zero-order valence-corrected chi connectivity index (χ0v) is 15.5. The standard InChI is InChI=1S/C19H28N4O2/c1-13-22-17(25-23-13)15-6-5-11-20-16(15)21-12-19(24)9-7-14(8-10-19)18(2,3)4/h5-6,11,14,24H,7-10,12H2,1-4H3,(H,20,21). The van der Waals surface area contributed by atoms with E-state index in [1.165, 1.54) is 0 Å². The van der Waals surface area contributed by atoms with E-state index in [-0.39, 0.29) is 0 Å². The van der Waals surface area contributed by atoms with Crippen molar-refractivity contribution in [2.75, 3.05) is 11.9 Å². The Morgan fingerprint density at radius 2 is 2.04 bits per heavy atom. The summed E-state index contributed by atoms with van der Waals surface area (Å²) in [4.78, 5) is 8.65. The lowest BCUT2D eigenvalue weighted by molar-refractivity contribution is -0.0143. The van der Waals surface area contributed by atoms with E-state index < -0.39 is 5.60 Å². The van der Waals surface area contributed by atoms with Gasteiger partial charge in [0, 0.05) is 12.7 Å². The summed E-state index contributed by atoms with van der Waals surface area (Å²) in [5.74, 6) is 2.36. The van der Waals surface area contributed by atoms with Gasteiger partial charge in [0.05, 0.1) is 11.2 Å². The largest absolute Gasteiger partial charge is 0.388 e. The smallest absolute Gasteiger partial charge is 0.261 e. The SMILES string of the molecule is Cc1noc(-c2cccnc2NCC2(O)CCC(C(C)(C)C)CC2)n1. The van der Waals surface area contributed by atoms with Crippen molar-refractivity contribution < 1.29 is 9.63 Å². The number of nitrogens with one attached hydrogen (secondary N) is 1. The Labute approximate surface area is 149 Å². The minimum atomic E-state index is -0.693. The van der Waals surface area contributed by atoms with E-state index >= 15 is 0 Å². The maximum absolute atomic E-state index is 10.9. The minimum absolute atomic E-state index is 0.304. The van der Waals surface area contributed by atoms with Gasteiger partial charge in [-0.05, 0) is 56.1 Å². The monoisotopic (exact) mass is 344 g/mol. The molecule has 136 valence electrons. The van der Waals surface area contributed by atoms with Crippen molar-refractivity contribution in [1.82, 2.24) is 15.1 Å². The first-order valence-electron chi connectivity index (χ1n) is 8.99. The minimum Gasteiger partial charge on any atom is -0.388 e. The lowest BCUT2D eigenvalue weighted by atomic mass is 9.68. The molecule has 0 amide bonds. The average Bonchev–Trinajstić information content (AvgIpc) is 2.99. The Kier molecular flexibility index (Phi) is 4.82. The number of rotatable bonds is 4. The van der Waals surface area contributed by atoms with E-state index in [0.29, 0.717) is 35.4 Å². The van der Waals surface area contributed by atoms with Crippen molar-refractivity contribution in [2.45, 2.75) is 59.0 Å². The molecule has 2 heterocycles. The molecule has 2 N–H and O–H groups in total. The number of hydrogen-bond acceptors (Lipinski definition) is 6. The van der Waals surface area contributed by atoms with Crippen LogP contribution < -0.4 is 5.32 Å². The summed E-state index contributed by atoms with van der Waals surface area (Å²) in [7, 11) is 0. The zero-order valence-electron chi connectivity index (χ0n) is 15.5. The van der Waals surface area contributed by atoms with Gasteiger partial charge in [-0.1, -0.05) is 25.9 Å². The highest BCUT2D eigenvalue weighted by Gasteiger charge is 2.37. The maximum atomic E-state index is 10.9. The van der Waals surface area contributed by atoms with Crippen LogP contribution in [0.2, 0.25) is 0 Å². The fourth-order valence-electron chi connectivity index (χ4n) is 3.57. The molecule has 0 spiro atoms. The van der Waals surface area contributed by atoms with Crippen LogP contribution in [0.25, 0.3) is 11.5 Å². The number of aliphatic hydroxyl groups is 1. The number of anilines is 1. The Balaban J connectivity index is 1.67. The molecule has 0 aliphatic heterocycles. The second-order valence-electron chi connectivity index (χ2n) is 8.26. The Morgan fingerprint density at radius 1 is 1.32 bits per heavy atom. The van der Waals surface area contributed by atoms with Crippen molar-refractivity contribution >= 4 is 5.82 Å². The van der Waals surface area contributed by atoms with Crippen LogP contribution in [0.4, 0.5) is 5.82 Å². The maximum Gasteiger partial charge on any atom is 0.261 e. The second kappa shape index (κ2) is 6.75. The van der Waals surface area contributed by atoms with E-state index in [0.717, 1.165) is 31.2 Å². The summed E-state index contributed by atoms with van der Waals surface area (Å²) in [5, 5.41) is 18.1. The number of nitrogens with zero attached hydrogens (tertiary/aromatic N) is 3. The second-order valence-corrected chi connectivity index (χ2v) is 8.26. The summed E-state index contributed by atoms with van der Waals surface area (Å²) < 4.78 is 5.26. The van der Waals surface area contributed by atoms with E-state index in [4.69, 9.17) is 4.52 Å². The predicted octanol–water partition coefficient (Wildman–Crippen LogP) is 3.82. The van der Waals surface area contributed by atoms with Gasteiger partial charge in [0.2, 0.25) is 0 Å². The fraction of sp³-hybridized carbons (Fsp3) is 0.632. The van der Waals surface area contributed by atoms with Gasteiger partial charge in [-0.3, -0.25) is 0 Å². The number of aryl methyl sites for hydroxylation is 1. The van der Waals surface area contributed by atoms with Gasteiger partial charge in [-0.2, -0.15) is 4.98 Å². The van der Waals surface area contributed by atoms with Crippen LogP contribution in [0, 0.1) is 18.3 Å². The Hall–Kier alpha value is -1.95. The molecule has 1 aliphatic carbocycles. The number of aromatic nitrogens is 3. The summed E-state index contributed by atoms with van der Waals surface area (Å²) in [6, 6.07) is 3.73. The molecular formula is C19H28N4O2. The molecule has 0 radical (unpaired) electrons. The quantitative estimate of drug-likeness (QED) is 0.877. The van der Waals surface area contributed by atoms with Gasteiger partial charge in [0.25, 0.3) is 5.89 Å². The molecule has 0 saturated heterocycles. The third kappa shape index (κ3) is 4.18. The van der Waals surface area contributed by atoms with E-state index in [1.807, 2.05) is 12.1 Å². The highest BCUT2D eigenvalue weighted by atomic mass is 16.5. The van der Waals surface area contributed by atoms with Crippen LogP contribution in [0.5, 0.6) is 0 Å². The molecule has 2 aromatic rings. The van der Waals surface area contributed by atoms with Gasteiger partial charge < -0.3 is 14.9 Å². The van der Waals surface area contributed by atoms with Crippen LogP contribution in [-0.2, 0) is 0 Å². The van der Waals surface area contributed by atoms with Crippen molar-refractivity contribution in [1.29, 1.82) is 0 Å². The van der Waals surface area contributed by atoms with Crippen molar-refractivity contribution in [3.05, 3.63) is 24.2 Å². The fourth-order valence-corrected chi connectivity index (χ4v) is 3.57. The van der Waals surface area contributed by atoms with Gasteiger partial charge in [-0.15, -0.1) is 0 Å². The molecule has 1 saturated carbocycles. The normalized spacial score (nSPS) is 24.3. The summed E-state index contributed by atoms with van der Waals surface area (Å²) >= 11 is 0. The summed E-state index contributed by atoms with van der Waals surface area (Å²) in [6.45, 7) is 9.11. The zero-order chi connectivity index (χ0) is 18.1. The van der Waals surface area contributed by atoms with Crippen LogP contribution in [0.15, 0.2) is 22.9 Å². The molecular weight excluding hydrogens is 316 g/mol. The van der Waals surface area contributed by atoms with Gasteiger partial charge >= 0.3 is 0 Å². The molecule has 6 heteroatoms. The first-order chi connectivity index (χ1) is 11.8. The van der Waals surface area contributed by atoms with Crippen LogP contribution in [0.1, 0.15) is 52.3 Å². The molecule has 25 heavy (non-hydrogen) atoms. The Morgan fingerprint density at radius 3 is 2.64 bits per heavy atom. The number of pyridine rings is 1. The van der Waals surface area contributed by atoms with Gasteiger partial charge in [-0.25, -0.2) is 4.98 Å². The summed E-state index contributed by atoms with van der Waals surface area (Å²) in [6.07, 6.45) is 5.45. The molecule has 0 aromatic carbocycles. The van der Waals surface area contributed by atoms with E-state index in [2.05, 4.69) is 41.2 Å². The molecule has 0 unspecified atom stereocenters. The topological polar surface area (TPSA) is 84.1 Å². The first kappa shape index (κ1) is 17.9. The van der Waals surface area contributed by atoms with Crippen molar-refractivity contribution in [3.8, 4) is 11.5 Å². The molecule has 6 nitrogen and oxygen atoms in total. The lowest BCUT2D eigenvalue weighted by Crippen LogP contribution is -2.42. The van der Waals surface area contributed by atoms with Crippen LogP contribution in [-0.4, -0.2) is 32.4 Å². The molecule has 1 aliphatic rings. The molecule has 3 rings (SSSR count). The lowest BCUT2D eigenvalue weighted by Gasteiger charge is -2.41. The Bertz CT molecular complexity index is 712. The van der Waals surface area contributed by atoms with E-state index in [1.54, 1.807) is 13.1 Å².